The maximum absolute atomic E-state index is 9.73. The van der Waals surface area contributed by atoms with Crippen LogP contribution in [0.4, 0.5) is 0 Å². The summed E-state index contributed by atoms with van der Waals surface area (Å²) in [4.78, 5) is 0. The highest BCUT2D eigenvalue weighted by Gasteiger charge is 2.06. The highest BCUT2D eigenvalue weighted by Crippen LogP contribution is 2.24. The Morgan fingerprint density at radius 1 is 1.15 bits per heavy atom. The Morgan fingerprint density at radius 2 is 1.77 bits per heavy atom. The second-order valence-electron chi connectivity index (χ2n) is 3.17. The van der Waals surface area contributed by atoms with E-state index in [1.54, 1.807) is 0 Å². The minimum absolute atomic E-state index is 0.377. The fraction of sp³-hybridized carbons (Fsp3) is 0.455. The molecule has 0 saturated heterocycles. The van der Waals surface area contributed by atoms with Gasteiger partial charge in [0.15, 0.2) is 0 Å². The molecule has 1 rings (SSSR count). The van der Waals surface area contributed by atoms with E-state index >= 15 is 0 Å². The molecule has 0 aromatic heterocycles. The van der Waals surface area contributed by atoms with Gasteiger partial charge >= 0.3 is 0 Å². The number of hydrogen-bond donors (Lipinski definition) is 2. The first-order valence-electron chi connectivity index (χ1n) is 4.76. The fourth-order valence-electron chi connectivity index (χ4n) is 1.46. The Kier molecular flexibility index (Phi) is 3.32. The molecule has 0 heterocycles. The molecule has 13 heavy (non-hydrogen) atoms. The van der Waals surface area contributed by atoms with Crippen molar-refractivity contribution in [3.63, 3.8) is 0 Å². The molecule has 1 aromatic rings. The van der Waals surface area contributed by atoms with Gasteiger partial charge in [0.25, 0.3) is 0 Å². The number of rotatable bonds is 3. The average Bonchev–Trinajstić information content (AvgIpc) is 2.18. The van der Waals surface area contributed by atoms with E-state index in [0.717, 1.165) is 24.0 Å². The van der Waals surface area contributed by atoms with E-state index in [0.29, 0.717) is 12.3 Å². The van der Waals surface area contributed by atoms with Gasteiger partial charge in [-0.25, -0.2) is 0 Å². The summed E-state index contributed by atoms with van der Waals surface area (Å²) in [7, 11) is 0. The summed E-state index contributed by atoms with van der Waals surface area (Å²) in [6.45, 7) is 4.55. The van der Waals surface area contributed by atoms with Crippen LogP contribution in [0.1, 0.15) is 30.5 Å². The van der Waals surface area contributed by atoms with Gasteiger partial charge in [-0.2, -0.15) is 0 Å². The zero-order chi connectivity index (χ0) is 9.84. The summed E-state index contributed by atoms with van der Waals surface area (Å²) in [5, 5.41) is 9.73. The van der Waals surface area contributed by atoms with E-state index in [-0.39, 0.29) is 0 Å². The van der Waals surface area contributed by atoms with Crippen molar-refractivity contribution in [3.8, 4) is 5.75 Å². The maximum atomic E-state index is 9.73. The smallest absolute Gasteiger partial charge is 0.123 e. The first kappa shape index (κ1) is 10.1. The zero-order valence-corrected chi connectivity index (χ0v) is 8.30. The van der Waals surface area contributed by atoms with Crippen LogP contribution in [0.5, 0.6) is 5.75 Å². The summed E-state index contributed by atoms with van der Waals surface area (Å²) < 4.78 is 0. The Hall–Kier alpha value is -1.02. The van der Waals surface area contributed by atoms with Gasteiger partial charge < -0.3 is 10.8 Å². The van der Waals surface area contributed by atoms with E-state index in [2.05, 4.69) is 13.0 Å². The minimum Gasteiger partial charge on any atom is -0.507 e. The summed E-state index contributed by atoms with van der Waals surface area (Å²) in [5.74, 6) is 0.377. The van der Waals surface area contributed by atoms with E-state index in [9.17, 15) is 5.11 Å². The second-order valence-corrected chi connectivity index (χ2v) is 3.17. The Labute approximate surface area is 79.4 Å². The summed E-state index contributed by atoms with van der Waals surface area (Å²) >= 11 is 0. The molecular weight excluding hydrogens is 162 g/mol. The Morgan fingerprint density at radius 3 is 2.23 bits per heavy atom. The SMILES string of the molecule is CCc1cc(CC)c(O)c(CN)c1. The van der Waals surface area contributed by atoms with E-state index in [1.807, 2.05) is 13.0 Å². The first-order valence-corrected chi connectivity index (χ1v) is 4.76. The fourth-order valence-corrected chi connectivity index (χ4v) is 1.46. The van der Waals surface area contributed by atoms with Crippen LogP contribution in [0.3, 0.4) is 0 Å². The van der Waals surface area contributed by atoms with Crippen molar-refractivity contribution in [2.24, 2.45) is 5.73 Å². The van der Waals surface area contributed by atoms with Gasteiger partial charge in [0, 0.05) is 12.1 Å². The maximum Gasteiger partial charge on any atom is 0.123 e. The number of nitrogens with two attached hydrogens (primary N) is 1. The van der Waals surface area contributed by atoms with E-state index < -0.39 is 0 Å². The number of aromatic hydroxyl groups is 1. The lowest BCUT2D eigenvalue weighted by Crippen LogP contribution is -2.00. The topological polar surface area (TPSA) is 46.2 Å². The van der Waals surface area contributed by atoms with Gasteiger partial charge in [0.2, 0.25) is 0 Å². The van der Waals surface area contributed by atoms with Crippen LogP contribution in [-0.2, 0) is 19.4 Å². The second kappa shape index (κ2) is 4.28. The van der Waals surface area contributed by atoms with Gasteiger partial charge in [0.05, 0.1) is 0 Å². The van der Waals surface area contributed by atoms with E-state index in [1.165, 1.54) is 5.56 Å². The molecule has 0 atom stereocenters. The predicted molar refractivity (Wildman–Crippen MR) is 54.8 cm³/mol. The molecule has 0 saturated carbocycles. The largest absolute Gasteiger partial charge is 0.507 e. The third-order valence-electron chi connectivity index (χ3n) is 2.34. The third-order valence-corrected chi connectivity index (χ3v) is 2.34. The van der Waals surface area contributed by atoms with Crippen LogP contribution in [0, 0.1) is 0 Å². The third kappa shape index (κ3) is 2.01. The lowest BCUT2D eigenvalue weighted by atomic mass is 10.0. The number of benzene rings is 1. The van der Waals surface area contributed by atoms with Crippen molar-refractivity contribution < 1.29 is 5.11 Å². The lowest BCUT2D eigenvalue weighted by molar-refractivity contribution is 0.461. The van der Waals surface area contributed by atoms with Crippen LogP contribution >= 0.6 is 0 Å². The molecule has 1 aromatic carbocycles. The molecule has 0 fully saturated rings. The summed E-state index contributed by atoms with van der Waals surface area (Å²) in [6, 6.07) is 4.03. The summed E-state index contributed by atoms with van der Waals surface area (Å²) in [5.41, 5.74) is 8.64. The molecule has 72 valence electrons. The Bertz CT molecular complexity index is 269. The quantitative estimate of drug-likeness (QED) is 0.745. The molecule has 0 spiro atoms. The molecular formula is C11H17NO. The monoisotopic (exact) mass is 179 g/mol. The van der Waals surface area contributed by atoms with Gasteiger partial charge in [0.1, 0.15) is 5.75 Å². The van der Waals surface area contributed by atoms with Crippen LogP contribution < -0.4 is 5.73 Å². The van der Waals surface area contributed by atoms with Gasteiger partial charge in [-0.1, -0.05) is 26.0 Å². The Balaban J connectivity index is 3.20. The molecule has 3 N–H and O–H groups in total. The van der Waals surface area contributed by atoms with E-state index in [4.69, 9.17) is 5.73 Å². The summed E-state index contributed by atoms with van der Waals surface area (Å²) in [6.07, 6.45) is 1.84. The number of aryl methyl sites for hydroxylation is 2. The minimum atomic E-state index is 0.377. The molecule has 2 heteroatoms. The number of hydrogen-bond acceptors (Lipinski definition) is 2. The lowest BCUT2D eigenvalue weighted by Gasteiger charge is -2.09. The van der Waals surface area contributed by atoms with Crippen LogP contribution in [0.25, 0.3) is 0 Å². The van der Waals surface area contributed by atoms with Crippen molar-refractivity contribution in [1.29, 1.82) is 0 Å². The van der Waals surface area contributed by atoms with Crippen molar-refractivity contribution in [1.82, 2.24) is 0 Å². The number of phenols is 1. The van der Waals surface area contributed by atoms with Crippen molar-refractivity contribution in [3.05, 3.63) is 28.8 Å². The highest BCUT2D eigenvalue weighted by molar-refractivity contribution is 5.43. The average molecular weight is 179 g/mol. The molecule has 0 aliphatic heterocycles. The van der Waals surface area contributed by atoms with Gasteiger partial charge in [-0.3, -0.25) is 0 Å². The standard InChI is InChI=1S/C11H17NO/c1-3-8-5-9(4-2)11(13)10(6-8)7-12/h5-6,13H,3-4,7,12H2,1-2H3. The zero-order valence-electron chi connectivity index (χ0n) is 8.30. The predicted octanol–water partition coefficient (Wildman–Crippen LogP) is 1.98. The van der Waals surface area contributed by atoms with Gasteiger partial charge in [-0.15, -0.1) is 0 Å². The first-order chi connectivity index (χ1) is 6.22. The normalized spacial score (nSPS) is 10.4. The molecule has 0 aliphatic rings. The highest BCUT2D eigenvalue weighted by atomic mass is 16.3. The molecule has 0 unspecified atom stereocenters. The van der Waals surface area contributed by atoms with Gasteiger partial charge in [-0.05, 0) is 24.0 Å². The molecule has 0 bridgehead atoms. The van der Waals surface area contributed by atoms with Crippen molar-refractivity contribution in [2.45, 2.75) is 33.2 Å². The van der Waals surface area contributed by atoms with Crippen molar-refractivity contribution >= 4 is 0 Å². The van der Waals surface area contributed by atoms with Crippen molar-refractivity contribution in [2.75, 3.05) is 0 Å². The molecule has 0 amide bonds. The number of phenolic OH excluding ortho intramolecular Hbond substituents is 1. The molecule has 0 radical (unpaired) electrons. The van der Waals surface area contributed by atoms with Crippen LogP contribution in [-0.4, -0.2) is 5.11 Å². The van der Waals surface area contributed by atoms with Crippen LogP contribution in [0.2, 0.25) is 0 Å². The molecule has 2 nitrogen and oxygen atoms in total. The molecule has 0 aliphatic carbocycles. The van der Waals surface area contributed by atoms with Crippen LogP contribution in [0.15, 0.2) is 12.1 Å².